The molecule has 0 aliphatic carbocycles. The highest BCUT2D eigenvalue weighted by molar-refractivity contribution is 9.10. The Balaban J connectivity index is 2.15. The zero-order valence-electron chi connectivity index (χ0n) is 15.8. The van der Waals surface area contributed by atoms with Crippen LogP contribution in [-0.2, 0) is 4.74 Å². The maximum Gasteiger partial charge on any atom is 0.255 e. The molecule has 1 amide bonds. The van der Waals surface area contributed by atoms with E-state index in [-0.39, 0.29) is 23.3 Å². The van der Waals surface area contributed by atoms with Crippen LogP contribution in [0.25, 0.3) is 0 Å². The highest BCUT2D eigenvalue weighted by Crippen LogP contribution is 2.32. The van der Waals surface area contributed by atoms with Gasteiger partial charge in [0.15, 0.2) is 11.5 Å². The molecule has 6 nitrogen and oxygen atoms in total. The summed E-state index contributed by atoms with van der Waals surface area (Å²) in [5, 5.41) is 13.0. The number of nitrogens with one attached hydrogen (secondary N) is 1. The minimum atomic E-state index is -0.358. The number of aryl methyl sites for hydroxylation is 1. The van der Waals surface area contributed by atoms with E-state index in [4.69, 9.17) is 14.2 Å². The standard InChI is InChI=1S/C20H24BrNO5/c1-12-9-15(19(23)16(21)10-12)20(24)22-13(2)14-5-6-17(18(11-14)26-4)27-8-7-25-3/h5-6,9-11,13,23H,7-8H2,1-4H3,(H,22,24). The van der Waals surface area contributed by atoms with E-state index in [9.17, 15) is 9.90 Å². The van der Waals surface area contributed by atoms with Crippen molar-refractivity contribution in [1.29, 1.82) is 0 Å². The minimum absolute atomic E-state index is 0.0789. The van der Waals surface area contributed by atoms with Crippen LogP contribution in [0.3, 0.4) is 0 Å². The van der Waals surface area contributed by atoms with Crippen LogP contribution < -0.4 is 14.8 Å². The Kier molecular flexibility index (Phi) is 7.50. The summed E-state index contributed by atoms with van der Waals surface area (Å²) in [6, 6.07) is 8.59. The van der Waals surface area contributed by atoms with Crippen molar-refractivity contribution in [3.63, 3.8) is 0 Å². The Morgan fingerprint density at radius 3 is 2.59 bits per heavy atom. The van der Waals surface area contributed by atoms with Gasteiger partial charge in [0.2, 0.25) is 0 Å². The number of methoxy groups -OCH3 is 2. The number of hydrogen-bond donors (Lipinski definition) is 2. The maximum absolute atomic E-state index is 12.6. The van der Waals surface area contributed by atoms with Crippen molar-refractivity contribution in [3.05, 3.63) is 51.5 Å². The quantitative estimate of drug-likeness (QED) is 0.610. The molecule has 27 heavy (non-hydrogen) atoms. The molecule has 2 N–H and O–H groups in total. The van der Waals surface area contributed by atoms with Gasteiger partial charge in [-0.05, 0) is 65.2 Å². The fraction of sp³-hybridized carbons (Fsp3) is 0.350. The third kappa shape index (κ3) is 5.37. The van der Waals surface area contributed by atoms with E-state index in [1.54, 1.807) is 32.4 Å². The summed E-state index contributed by atoms with van der Waals surface area (Å²) >= 11 is 3.26. The van der Waals surface area contributed by atoms with Gasteiger partial charge in [-0.1, -0.05) is 6.07 Å². The second kappa shape index (κ2) is 9.62. The van der Waals surface area contributed by atoms with Gasteiger partial charge >= 0.3 is 0 Å². The molecule has 1 unspecified atom stereocenters. The number of rotatable bonds is 8. The average molecular weight is 438 g/mol. The number of hydrogen-bond acceptors (Lipinski definition) is 5. The third-order valence-corrected chi connectivity index (χ3v) is 4.64. The van der Waals surface area contributed by atoms with Crippen LogP contribution in [0.15, 0.2) is 34.8 Å². The van der Waals surface area contributed by atoms with Gasteiger partial charge in [-0.25, -0.2) is 0 Å². The Labute approximate surface area is 167 Å². The second-order valence-corrected chi connectivity index (χ2v) is 6.94. The first-order valence-corrected chi connectivity index (χ1v) is 9.26. The lowest BCUT2D eigenvalue weighted by molar-refractivity contribution is 0.0937. The molecule has 2 aromatic carbocycles. The largest absolute Gasteiger partial charge is 0.506 e. The topological polar surface area (TPSA) is 77.0 Å². The summed E-state index contributed by atoms with van der Waals surface area (Å²) in [4.78, 5) is 12.6. The number of carbonyl (C=O) groups is 1. The zero-order valence-corrected chi connectivity index (χ0v) is 17.4. The molecule has 0 fully saturated rings. The van der Waals surface area contributed by atoms with Gasteiger partial charge in [0.05, 0.1) is 29.8 Å². The normalized spacial score (nSPS) is 11.7. The summed E-state index contributed by atoms with van der Waals surface area (Å²) in [6.07, 6.45) is 0. The number of amides is 1. The molecule has 0 aliphatic heterocycles. The van der Waals surface area contributed by atoms with E-state index in [1.807, 2.05) is 26.0 Å². The summed E-state index contributed by atoms with van der Waals surface area (Å²) in [5.74, 6) is 0.747. The molecular weight excluding hydrogens is 414 g/mol. The minimum Gasteiger partial charge on any atom is -0.506 e. The maximum atomic E-state index is 12.6. The lowest BCUT2D eigenvalue weighted by atomic mass is 10.1. The molecule has 0 spiro atoms. The van der Waals surface area contributed by atoms with Crippen molar-refractivity contribution in [2.24, 2.45) is 0 Å². The predicted molar refractivity (Wildman–Crippen MR) is 107 cm³/mol. The number of carbonyl (C=O) groups excluding carboxylic acids is 1. The molecule has 1 atom stereocenters. The molecule has 2 rings (SSSR count). The lowest BCUT2D eigenvalue weighted by Crippen LogP contribution is -2.26. The van der Waals surface area contributed by atoms with Crippen LogP contribution in [0, 0.1) is 6.92 Å². The predicted octanol–water partition coefficient (Wildman–Crippen LogP) is 3.99. The Hall–Kier alpha value is -2.25. The number of phenols is 1. The van der Waals surface area contributed by atoms with Gasteiger partial charge in [0, 0.05) is 7.11 Å². The summed E-state index contributed by atoms with van der Waals surface area (Å²) < 4.78 is 16.5. The lowest BCUT2D eigenvalue weighted by Gasteiger charge is -2.18. The van der Waals surface area contributed by atoms with Crippen LogP contribution in [0.2, 0.25) is 0 Å². The average Bonchev–Trinajstić information content (AvgIpc) is 2.64. The SMILES string of the molecule is COCCOc1ccc(C(C)NC(=O)c2cc(C)cc(Br)c2O)cc1OC. The van der Waals surface area contributed by atoms with Crippen molar-refractivity contribution in [1.82, 2.24) is 5.32 Å². The molecule has 0 aliphatic rings. The first-order chi connectivity index (χ1) is 12.9. The number of ether oxygens (including phenoxy) is 3. The zero-order chi connectivity index (χ0) is 20.0. The van der Waals surface area contributed by atoms with Crippen LogP contribution in [0.1, 0.15) is 34.5 Å². The molecule has 0 saturated heterocycles. The van der Waals surface area contributed by atoms with Crippen molar-refractivity contribution in [3.8, 4) is 17.2 Å². The second-order valence-electron chi connectivity index (χ2n) is 6.09. The van der Waals surface area contributed by atoms with E-state index >= 15 is 0 Å². The van der Waals surface area contributed by atoms with Crippen LogP contribution >= 0.6 is 15.9 Å². The molecule has 0 bridgehead atoms. The molecule has 146 valence electrons. The molecule has 0 radical (unpaired) electrons. The summed E-state index contributed by atoms with van der Waals surface area (Å²) in [5.41, 5.74) is 1.95. The van der Waals surface area contributed by atoms with Crippen molar-refractivity contribution < 1.29 is 24.1 Å². The monoisotopic (exact) mass is 437 g/mol. The first kappa shape index (κ1) is 21.1. The molecule has 2 aromatic rings. The van der Waals surface area contributed by atoms with E-state index < -0.39 is 0 Å². The smallest absolute Gasteiger partial charge is 0.255 e. The molecule has 7 heteroatoms. The van der Waals surface area contributed by atoms with Crippen molar-refractivity contribution in [2.45, 2.75) is 19.9 Å². The highest BCUT2D eigenvalue weighted by Gasteiger charge is 2.18. The van der Waals surface area contributed by atoms with Crippen molar-refractivity contribution >= 4 is 21.8 Å². The van der Waals surface area contributed by atoms with Crippen LogP contribution in [0.5, 0.6) is 17.2 Å². The Bertz CT molecular complexity index is 809. The number of phenolic OH excluding ortho intramolecular Hbond substituents is 1. The molecule has 0 aromatic heterocycles. The van der Waals surface area contributed by atoms with E-state index in [2.05, 4.69) is 21.2 Å². The van der Waals surface area contributed by atoms with Crippen LogP contribution in [0.4, 0.5) is 0 Å². The van der Waals surface area contributed by atoms with Crippen LogP contribution in [-0.4, -0.2) is 38.4 Å². The summed E-state index contributed by atoms with van der Waals surface area (Å²) in [6.45, 7) is 4.62. The fourth-order valence-corrected chi connectivity index (χ4v) is 3.15. The van der Waals surface area contributed by atoms with Gasteiger partial charge in [0.1, 0.15) is 12.4 Å². The van der Waals surface area contributed by atoms with Gasteiger partial charge in [-0.15, -0.1) is 0 Å². The number of aromatic hydroxyl groups is 1. The van der Waals surface area contributed by atoms with Gasteiger partial charge < -0.3 is 24.6 Å². The van der Waals surface area contributed by atoms with Gasteiger partial charge in [-0.3, -0.25) is 4.79 Å². The van der Waals surface area contributed by atoms with Crippen molar-refractivity contribution in [2.75, 3.05) is 27.4 Å². The fourth-order valence-electron chi connectivity index (χ4n) is 2.57. The first-order valence-electron chi connectivity index (χ1n) is 8.47. The third-order valence-electron chi connectivity index (χ3n) is 4.03. The molecular formula is C20H24BrNO5. The Morgan fingerprint density at radius 2 is 1.93 bits per heavy atom. The van der Waals surface area contributed by atoms with Gasteiger partial charge in [0.25, 0.3) is 5.91 Å². The number of halogens is 1. The van der Waals surface area contributed by atoms with Gasteiger partial charge in [-0.2, -0.15) is 0 Å². The van der Waals surface area contributed by atoms with E-state index in [1.165, 1.54) is 0 Å². The number of benzene rings is 2. The Morgan fingerprint density at radius 1 is 1.19 bits per heavy atom. The molecule has 0 heterocycles. The molecule has 0 saturated carbocycles. The highest BCUT2D eigenvalue weighted by atomic mass is 79.9. The van der Waals surface area contributed by atoms with E-state index in [0.29, 0.717) is 29.2 Å². The summed E-state index contributed by atoms with van der Waals surface area (Å²) in [7, 11) is 3.17. The van der Waals surface area contributed by atoms with E-state index in [0.717, 1.165) is 11.1 Å².